The first kappa shape index (κ1) is 14.9. The van der Waals surface area contributed by atoms with Gasteiger partial charge < -0.3 is 14.6 Å². The van der Waals surface area contributed by atoms with Crippen LogP contribution in [0.1, 0.15) is 31.7 Å². The maximum Gasteiger partial charge on any atom is 0.179 e. The van der Waals surface area contributed by atoms with Crippen LogP contribution >= 0.6 is 11.6 Å². The lowest BCUT2D eigenvalue weighted by molar-refractivity contribution is -0.106. The van der Waals surface area contributed by atoms with Crippen LogP contribution in [0.25, 0.3) is 0 Å². The molecule has 0 atom stereocenters. The lowest BCUT2D eigenvalue weighted by atomic mass is 9.89. The van der Waals surface area contributed by atoms with E-state index in [2.05, 4.69) is 11.8 Å². The van der Waals surface area contributed by atoms with Crippen LogP contribution in [0.5, 0.6) is 11.5 Å². The van der Waals surface area contributed by atoms with Crippen LogP contribution in [0.3, 0.4) is 0 Å². The molecule has 3 rings (SSSR count). The molecule has 0 amide bonds. The first-order chi connectivity index (χ1) is 10.1. The number of hydrogen-bond acceptors (Lipinski definition) is 4. The number of fused-ring (bicyclic) bond motifs is 1. The lowest BCUT2D eigenvalue weighted by Gasteiger charge is -2.46. The predicted molar refractivity (Wildman–Crippen MR) is 82.2 cm³/mol. The Bertz CT molecular complexity index is 514. The van der Waals surface area contributed by atoms with Gasteiger partial charge in [0.2, 0.25) is 0 Å². The van der Waals surface area contributed by atoms with Gasteiger partial charge in [-0.2, -0.15) is 0 Å². The number of benzene rings is 1. The standard InChI is InChI=1S/C16H22ClNO3/c1-2-4-16(19)10-18(11-16)9-12-7-13(17)15-14(8-12)20-5-3-6-21-15/h7-8,19H,2-6,9-11H2,1H3. The predicted octanol–water partition coefficient (Wildman–Crippen LogP) is 2.85. The maximum atomic E-state index is 10.2. The molecule has 0 saturated carbocycles. The number of hydrogen-bond donors (Lipinski definition) is 1. The van der Waals surface area contributed by atoms with Crippen molar-refractivity contribution in [3.8, 4) is 11.5 Å². The highest BCUT2D eigenvalue weighted by Crippen LogP contribution is 2.39. The van der Waals surface area contributed by atoms with Crippen molar-refractivity contribution in [2.75, 3.05) is 26.3 Å². The van der Waals surface area contributed by atoms with E-state index in [1.165, 1.54) is 0 Å². The Hall–Kier alpha value is -0.970. The molecule has 0 bridgehead atoms. The Morgan fingerprint density at radius 1 is 1.29 bits per heavy atom. The summed E-state index contributed by atoms with van der Waals surface area (Å²) in [7, 11) is 0. The molecule has 116 valence electrons. The molecular formula is C16H22ClNO3. The van der Waals surface area contributed by atoms with Crippen molar-refractivity contribution in [2.24, 2.45) is 0 Å². The van der Waals surface area contributed by atoms with Crippen LogP contribution in [0.2, 0.25) is 5.02 Å². The molecule has 1 aromatic rings. The fourth-order valence-electron chi connectivity index (χ4n) is 3.16. The third-order valence-electron chi connectivity index (χ3n) is 4.02. The topological polar surface area (TPSA) is 41.9 Å². The molecule has 2 aliphatic heterocycles. The minimum absolute atomic E-state index is 0.496. The molecule has 4 nitrogen and oxygen atoms in total. The van der Waals surface area contributed by atoms with Gasteiger partial charge in [-0.3, -0.25) is 4.90 Å². The minimum Gasteiger partial charge on any atom is -0.489 e. The van der Waals surface area contributed by atoms with Gasteiger partial charge in [-0.15, -0.1) is 0 Å². The maximum absolute atomic E-state index is 10.2. The smallest absolute Gasteiger partial charge is 0.179 e. The Labute approximate surface area is 130 Å². The van der Waals surface area contributed by atoms with Crippen molar-refractivity contribution in [3.05, 3.63) is 22.7 Å². The minimum atomic E-state index is -0.496. The van der Waals surface area contributed by atoms with Crippen molar-refractivity contribution in [1.82, 2.24) is 4.90 Å². The monoisotopic (exact) mass is 311 g/mol. The first-order valence-corrected chi connectivity index (χ1v) is 8.00. The van der Waals surface area contributed by atoms with E-state index >= 15 is 0 Å². The summed E-state index contributed by atoms with van der Waals surface area (Å²) < 4.78 is 11.3. The second kappa shape index (κ2) is 6.03. The summed E-state index contributed by atoms with van der Waals surface area (Å²) in [6.45, 7) is 5.64. The molecule has 0 radical (unpaired) electrons. The number of aliphatic hydroxyl groups is 1. The fraction of sp³-hybridized carbons (Fsp3) is 0.625. The van der Waals surface area contributed by atoms with Gasteiger partial charge in [0.05, 0.1) is 23.8 Å². The molecule has 1 saturated heterocycles. The Morgan fingerprint density at radius 3 is 2.81 bits per heavy atom. The highest BCUT2D eigenvalue weighted by Gasteiger charge is 2.39. The fourth-order valence-corrected chi connectivity index (χ4v) is 3.44. The van der Waals surface area contributed by atoms with E-state index in [9.17, 15) is 5.11 Å². The second-order valence-electron chi connectivity index (χ2n) is 6.07. The van der Waals surface area contributed by atoms with E-state index in [1.807, 2.05) is 12.1 Å². The van der Waals surface area contributed by atoms with Crippen LogP contribution < -0.4 is 9.47 Å². The summed E-state index contributed by atoms with van der Waals surface area (Å²) in [6.07, 6.45) is 2.75. The van der Waals surface area contributed by atoms with E-state index in [0.29, 0.717) is 24.0 Å². The van der Waals surface area contributed by atoms with Crippen LogP contribution in [0, 0.1) is 0 Å². The SMILES string of the molecule is CCCC1(O)CN(Cc2cc(Cl)c3c(c2)OCCCO3)C1. The van der Waals surface area contributed by atoms with E-state index < -0.39 is 5.60 Å². The molecule has 0 aromatic heterocycles. The van der Waals surface area contributed by atoms with Gasteiger partial charge in [0.1, 0.15) is 0 Å². The van der Waals surface area contributed by atoms with Crippen LogP contribution in [0.4, 0.5) is 0 Å². The van der Waals surface area contributed by atoms with Gasteiger partial charge in [-0.1, -0.05) is 24.9 Å². The lowest BCUT2D eigenvalue weighted by Crippen LogP contribution is -2.60. The van der Waals surface area contributed by atoms with Gasteiger partial charge in [0.15, 0.2) is 11.5 Å². The van der Waals surface area contributed by atoms with E-state index in [0.717, 1.165) is 50.2 Å². The van der Waals surface area contributed by atoms with Gasteiger partial charge in [0.25, 0.3) is 0 Å². The summed E-state index contributed by atoms with van der Waals surface area (Å²) in [5, 5.41) is 10.8. The number of rotatable bonds is 4. The van der Waals surface area contributed by atoms with Crippen molar-refractivity contribution < 1.29 is 14.6 Å². The van der Waals surface area contributed by atoms with E-state index in [4.69, 9.17) is 21.1 Å². The van der Waals surface area contributed by atoms with Gasteiger partial charge in [-0.05, 0) is 24.1 Å². The molecular weight excluding hydrogens is 290 g/mol. The first-order valence-electron chi connectivity index (χ1n) is 7.62. The average molecular weight is 312 g/mol. The molecule has 1 aromatic carbocycles. The molecule has 5 heteroatoms. The highest BCUT2D eigenvalue weighted by molar-refractivity contribution is 6.32. The van der Waals surface area contributed by atoms with Crippen LogP contribution in [-0.2, 0) is 6.54 Å². The van der Waals surface area contributed by atoms with Crippen LogP contribution in [-0.4, -0.2) is 41.9 Å². The molecule has 0 spiro atoms. The van der Waals surface area contributed by atoms with Crippen molar-refractivity contribution in [1.29, 1.82) is 0 Å². The summed E-state index contributed by atoms with van der Waals surface area (Å²) in [4.78, 5) is 2.23. The largest absolute Gasteiger partial charge is 0.489 e. The quantitative estimate of drug-likeness (QED) is 0.928. The normalized spacial score (nSPS) is 20.7. The summed E-state index contributed by atoms with van der Waals surface area (Å²) in [5.74, 6) is 1.39. The molecule has 0 unspecified atom stereocenters. The molecule has 1 fully saturated rings. The Morgan fingerprint density at radius 2 is 2.05 bits per heavy atom. The van der Waals surface area contributed by atoms with Crippen LogP contribution in [0.15, 0.2) is 12.1 Å². The van der Waals surface area contributed by atoms with Crippen molar-refractivity contribution in [3.63, 3.8) is 0 Å². The number of nitrogens with zero attached hydrogens (tertiary/aromatic N) is 1. The number of ether oxygens (including phenoxy) is 2. The van der Waals surface area contributed by atoms with E-state index in [-0.39, 0.29) is 0 Å². The summed E-state index contributed by atoms with van der Waals surface area (Å²) in [5.41, 5.74) is 0.604. The zero-order valence-corrected chi connectivity index (χ0v) is 13.2. The van der Waals surface area contributed by atoms with Crippen molar-refractivity contribution >= 4 is 11.6 Å². The molecule has 2 aliphatic rings. The number of halogens is 1. The van der Waals surface area contributed by atoms with Gasteiger partial charge in [-0.25, -0.2) is 0 Å². The van der Waals surface area contributed by atoms with E-state index in [1.54, 1.807) is 0 Å². The molecule has 0 aliphatic carbocycles. The molecule has 21 heavy (non-hydrogen) atoms. The number of β-amino-alcohol motifs (C(OH)–C–C–N with tert-alkyl or cyclic N) is 1. The summed E-state index contributed by atoms with van der Waals surface area (Å²) in [6, 6.07) is 3.94. The van der Waals surface area contributed by atoms with Gasteiger partial charge >= 0.3 is 0 Å². The number of likely N-dealkylation sites (tertiary alicyclic amines) is 1. The third-order valence-corrected chi connectivity index (χ3v) is 4.30. The second-order valence-corrected chi connectivity index (χ2v) is 6.48. The van der Waals surface area contributed by atoms with Crippen molar-refractivity contribution in [2.45, 2.75) is 38.3 Å². The molecule has 2 heterocycles. The third kappa shape index (κ3) is 3.28. The molecule has 1 N–H and O–H groups in total. The Kier molecular flexibility index (Phi) is 4.29. The highest BCUT2D eigenvalue weighted by atomic mass is 35.5. The van der Waals surface area contributed by atoms with Gasteiger partial charge in [0, 0.05) is 26.1 Å². The Balaban J connectivity index is 1.67. The summed E-state index contributed by atoms with van der Waals surface area (Å²) >= 11 is 6.30. The zero-order chi connectivity index (χ0) is 14.9. The zero-order valence-electron chi connectivity index (χ0n) is 12.4. The average Bonchev–Trinajstić information content (AvgIpc) is 2.63.